The summed E-state index contributed by atoms with van der Waals surface area (Å²) in [6, 6.07) is 16.3. The minimum Gasteiger partial charge on any atom is -0.507 e. The van der Waals surface area contributed by atoms with E-state index >= 15 is 0 Å². The van der Waals surface area contributed by atoms with Crippen LogP contribution in [0.4, 0.5) is 10.1 Å². The number of aliphatic hydroxyl groups is 1. The van der Waals surface area contributed by atoms with Crippen molar-refractivity contribution in [3.63, 3.8) is 0 Å². The predicted molar refractivity (Wildman–Crippen MR) is 120 cm³/mol. The van der Waals surface area contributed by atoms with Gasteiger partial charge in [0.1, 0.15) is 17.3 Å². The minimum atomic E-state index is -0.972. The summed E-state index contributed by atoms with van der Waals surface area (Å²) >= 11 is 6.30. The lowest BCUT2D eigenvalue weighted by Crippen LogP contribution is -2.29. The van der Waals surface area contributed by atoms with Crippen LogP contribution in [0.3, 0.4) is 0 Å². The van der Waals surface area contributed by atoms with Gasteiger partial charge in [0.2, 0.25) is 0 Å². The van der Waals surface area contributed by atoms with E-state index in [1.807, 2.05) is 19.1 Å². The third-order valence-electron chi connectivity index (χ3n) is 5.44. The second-order valence-electron chi connectivity index (χ2n) is 7.35. The first-order valence-corrected chi connectivity index (χ1v) is 10.2. The number of halogens is 2. The number of ketones is 1. The molecular formula is C25H19ClFNO4. The molecule has 1 fully saturated rings. The van der Waals surface area contributed by atoms with Crippen molar-refractivity contribution in [1.82, 2.24) is 0 Å². The predicted octanol–water partition coefficient (Wildman–Crippen LogP) is 5.42. The molecule has 5 nitrogen and oxygen atoms in total. The molecule has 0 saturated carbocycles. The first-order valence-electron chi connectivity index (χ1n) is 9.79. The highest BCUT2D eigenvalue weighted by molar-refractivity contribution is 6.52. The number of hydrogen-bond acceptors (Lipinski definition) is 4. The van der Waals surface area contributed by atoms with E-state index in [-0.39, 0.29) is 21.8 Å². The second-order valence-corrected chi connectivity index (χ2v) is 7.76. The summed E-state index contributed by atoms with van der Waals surface area (Å²) in [6.07, 6.45) is 0. The van der Waals surface area contributed by atoms with Gasteiger partial charge in [0, 0.05) is 11.3 Å². The zero-order valence-corrected chi connectivity index (χ0v) is 18.1. The fraction of sp³-hybridized carbons (Fsp3) is 0.120. The van der Waals surface area contributed by atoms with Gasteiger partial charge in [-0.05, 0) is 54.4 Å². The lowest BCUT2D eigenvalue weighted by Gasteiger charge is -2.26. The maximum Gasteiger partial charge on any atom is 0.300 e. The van der Waals surface area contributed by atoms with Crippen molar-refractivity contribution in [1.29, 1.82) is 0 Å². The molecule has 32 heavy (non-hydrogen) atoms. The normalized spacial score (nSPS) is 17.6. The number of ether oxygens (including phenoxy) is 1. The van der Waals surface area contributed by atoms with Crippen LogP contribution in [0.1, 0.15) is 22.7 Å². The molecule has 0 bridgehead atoms. The van der Waals surface area contributed by atoms with Crippen molar-refractivity contribution in [2.24, 2.45) is 0 Å². The molecule has 0 spiro atoms. The van der Waals surface area contributed by atoms with Crippen molar-refractivity contribution in [2.45, 2.75) is 13.0 Å². The summed E-state index contributed by atoms with van der Waals surface area (Å²) in [5.74, 6) is -2.32. The molecule has 0 aromatic heterocycles. The van der Waals surface area contributed by atoms with Crippen LogP contribution in [0.5, 0.6) is 5.75 Å². The highest BCUT2D eigenvalue weighted by Crippen LogP contribution is 2.44. The van der Waals surface area contributed by atoms with Gasteiger partial charge in [-0.3, -0.25) is 14.5 Å². The van der Waals surface area contributed by atoms with E-state index in [1.54, 1.807) is 18.2 Å². The molecule has 0 aliphatic carbocycles. The third kappa shape index (κ3) is 3.63. The van der Waals surface area contributed by atoms with Gasteiger partial charge in [-0.1, -0.05) is 41.9 Å². The Bertz CT molecular complexity index is 1270. The van der Waals surface area contributed by atoms with Crippen molar-refractivity contribution < 1.29 is 23.8 Å². The van der Waals surface area contributed by atoms with E-state index in [0.29, 0.717) is 11.3 Å². The number of benzene rings is 3. The molecule has 1 atom stereocenters. The van der Waals surface area contributed by atoms with Gasteiger partial charge in [0.05, 0.1) is 23.7 Å². The van der Waals surface area contributed by atoms with Gasteiger partial charge < -0.3 is 9.84 Å². The van der Waals surface area contributed by atoms with E-state index in [1.165, 1.54) is 48.4 Å². The first-order chi connectivity index (χ1) is 15.3. The fourth-order valence-corrected chi connectivity index (χ4v) is 4.08. The number of carbonyl (C=O) groups is 2. The summed E-state index contributed by atoms with van der Waals surface area (Å²) in [7, 11) is 1.46. The molecule has 7 heteroatoms. The number of anilines is 1. The third-order valence-corrected chi connectivity index (χ3v) is 5.77. The quantitative estimate of drug-likeness (QED) is 0.326. The Morgan fingerprint density at radius 1 is 1.06 bits per heavy atom. The molecule has 1 saturated heterocycles. The van der Waals surface area contributed by atoms with Gasteiger partial charge in [-0.25, -0.2) is 4.39 Å². The van der Waals surface area contributed by atoms with Gasteiger partial charge in [-0.15, -0.1) is 0 Å². The molecule has 1 unspecified atom stereocenters. The average Bonchev–Trinajstić information content (AvgIpc) is 3.04. The van der Waals surface area contributed by atoms with Crippen molar-refractivity contribution in [2.75, 3.05) is 12.0 Å². The van der Waals surface area contributed by atoms with Crippen LogP contribution in [0, 0.1) is 12.7 Å². The van der Waals surface area contributed by atoms with Crippen LogP contribution < -0.4 is 9.64 Å². The summed E-state index contributed by atoms with van der Waals surface area (Å²) in [4.78, 5) is 27.5. The van der Waals surface area contributed by atoms with Crippen LogP contribution in [-0.4, -0.2) is 23.9 Å². The smallest absolute Gasteiger partial charge is 0.300 e. The zero-order chi connectivity index (χ0) is 23.0. The Morgan fingerprint density at radius 2 is 1.81 bits per heavy atom. The maximum absolute atomic E-state index is 14.0. The zero-order valence-electron chi connectivity index (χ0n) is 17.3. The van der Waals surface area contributed by atoms with Crippen LogP contribution in [0.25, 0.3) is 5.76 Å². The molecule has 1 amide bonds. The number of aryl methyl sites for hydroxylation is 1. The SMILES string of the molecule is COc1ccc(Cl)c(/C(O)=C2\C(=O)C(=O)N(c3cccc(F)c3)C2c2ccccc2C)c1. The molecule has 1 aliphatic rings. The first kappa shape index (κ1) is 21.6. The number of hydrogen-bond donors (Lipinski definition) is 1. The molecule has 4 rings (SSSR count). The number of carbonyl (C=O) groups excluding carboxylic acids is 2. The highest BCUT2D eigenvalue weighted by atomic mass is 35.5. The van der Waals surface area contributed by atoms with Crippen molar-refractivity contribution >= 4 is 34.7 Å². The Balaban J connectivity index is 2.01. The lowest BCUT2D eigenvalue weighted by atomic mass is 9.92. The van der Waals surface area contributed by atoms with E-state index in [9.17, 15) is 19.1 Å². The number of aliphatic hydroxyl groups excluding tert-OH is 1. The molecule has 3 aromatic rings. The summed E-state index contributed by atoms with van der Waals surface area (Å²) in [5.41, 5.74) is 1.64. The molecule has 1 N–H and O–H groups in total. The van der Waals surface area contributed by atoms with Crippen LogP contribution in [-0.2, 0) is 9.59 Å². The van der Waals surface area contributed by atoms with Crippen LogP contribution in [0.2, 0.25) is 5.02 Å². The molecule has 3 aromatic carbocycles. The topological polar surface area (TPSA) is 66.8 Å². The van der Waals surface area contributed by atoms with Gasteiger partial charge >= 0.3 is 0 Å². The summed E-state index contributed by atoms with van der Waals surface area (Å²) < 4.78 is 19.2. The molecule has 162 valence electrons. The van der Waals surface area contributed by atoms with Gasteiger partial charge in [0.15, 0.2) is 0 Å². The Labute approximate surface area is 189 Å². The van der Waals surface area contributed by atoms with Crippen LogP contribution >= 0.6 is 11.6 Å². The van der Waals surface area contributed by atoms with Gasteiger partial charge in [0.25, 0.3) is 11.7 Å². The Morgan fingerprint density at radius 3 is 2.50 bits per heavy atom. The largest absolute Gasteiger partial charge is 0.507 e. The molecular weight excluding hydrogens is 433 g/mol. The Kier molecular flexibility index (Phi) is 5.72. The highest BCUT2D eigenvalue weighted by Gasteiger charge is 2.47. The number of Topliss-reactive ketones (excluding diaryl/α,β-unsaturated/α-hetero) is 1. The van der Waals surface area contributed by atoms with Crippen LogP contribution in [0.15, 0.2) is 72.3 Å². The average molecular weight is 452 g/mol. The molecule has 1 aliphatic heterocycles. The fourth-order valence-electron chi connectivity index (χ4n) is 3.87. The number of rotatable bonds is 4. The van der Waals surface area contributed by atoms with Crippen molar-refractivity contribution in [3.8, 4) is 5.75 Å². The van der Waals surface area contributed by atoms with E-state index in [0.717, 1.165) is 5.56 Å². The van der Waals surface area contributed by atoms with Crippen molar-refractivity contribution in [3.05, 3.63) is 99.8 Å². The second kappa shape index (κ2) is 8.48. The van der Waals surface area contributed by atoms with E-state index < -0.39 is 29.3 Å². The monoisotopic (exact) mass is 451 g/mol. The van der Waals surface area contributed by atoms with Gasteiger partial charge in [-0.2, -0.15) is 0 Å². The molecule has 1 heterocycles. The maximum atomic E-state index is 14.0. The number of nitrogens with zero attached hydrogens (tertiary/aromatic N) is 1. The lowest BCUT2D eigenvalue weighted by molar-refractivity contribution is -0.132. The summed E-state index contributed by atoms with van der Waals surface area (Å²) in [5, 5.41) is 11.4. The Hall–Kier alpha value is -3.64. The standard InChI is InChI=1S/C25H19ClFNO4/c1-14-6-3-4-9-18(14)22-21(23(29)19-13-17(32-2)10-11-20(19)26)24(30)25(31)28(22)16-8-5-7-15(27)12-16/h3-13,22,29H,1-2H3/b23-21+. The van der Waals surface area contributed by atoms with E-state index in [4.69, 9.17) is 16.3 Å². The summed E-state index contributed by atoms with van der Waals surface area (Å²) in [6.45, 7) is 1.83. The number of amides is 1. The minimum absolute atomic E-state index is 0.135. The number of methoxy groups -OCH3 is 1. The molecule has 0 radical (unpaired) electrons. The van der Waals surface area contributed by atoms with E-state index in [2.05, 4.69) is 0 Å².